The molecule has 0 aliphatic heterocycles. The fourth-order valence-electron chi connectivity index (χ4n) is 0.537. The van der Waals surface area contributed by atoms with Crippen LogP contribution in [0.3, 0.4) is 0 Å². The van der Waals surface area contributed by atoms with Gasteiger partial charge in [-0.05, 0) is 25.3 Å². The van der Waals surface area contributed by atoms with Crippen molar-refractivity contribution in [2.24, 2.45) is 0 Å². The summed E-state index contributed by atoms with van der Waals surface area (Å²) in [5.41, 5.74) is -0.257. The molecule has 0 bridgehead atoms. The highest BCUT2D eigenvalue weighted by atomic mass is 19.1. The monoisotopic (exact) mass is 100 g/mol. The first kappa shape index (κ1) is 4.82. The SMILES string of the molecule is C=C(C)C1(F)CC1. The summed E-state index contributed by atoms with van der Waals surface area (Å²) in [5.74, 6) is 0. The van der Waals surface area contributed by atoms with Gasteiger partial charge in [-0.3, -0.25) is 0 Å². The van der Waals surface area contributed by atoms with E-state index < -0.39 is 5.67 Å². The fourth-order valence-corrected chi connectivity index (χ4v) is 0.537. The van der Waals surface area contributed by atoms with E-state index in [1.807, 2.05) is 0 Å². The minimum Gasteiger partial charge on any atom is -0.239 e. The van der Waals surface area contributed by atoms with Crippen LogP contribution in [-0.2, 0) is 0 Å². The van der Waals surface area contributed by atoms with Crippen LogP contribution in [-0.4, -0.2) is 5.67 Å². The molecular formula is C6H9F. The zero-order valence-corrected chi connectivity index (χ0v) is 4.50. The number of hydrogen-bond acceptors (Lipinski definition) is 0. The zero-order valence-electron chi connectivity index (χ0n) is 4.50. The molecule has 0 aromatic carbocycles. The molecule has 0 spiro atoms. The molecule has 0 aromatic rings. The summed E-state index contributed by atoms with van der Waals surface area (Å²) in [6.07, 6.45) is 1.39. The van der Waals surface area contributed by atoms with Crippen molar-refractivity contribution in [3.8, 4) is 0 Å². The highest BCUT2D eigenvalue weighted by Crippen LogP contribution is 2.44. The average Bonchev–Trinajstić information content (AvgIpc) is 2.21. The lowest BCUT2D eigenvalue weighted by molar-refractivity contribution is 0.362. The van der Waals surface area contributed by atoms with Gasteiger partial charge in [-0.25, -0.2) is 4.39 Å². The fraction of sp³-hybridized carbons (Fsp3) is 0.667. The van der Waals surface area contributed by atoms with Gasteiger partial charge in [0, 0.05) is 0 Å². The van der Waals surface area contributed by atoms with E-state index in [0.29, 0.717) is 18.4 Å². The molecule has 40 valence electrons. The van der Waals surface area contributed by atoms with Crippen LogP contribution in [0.4, 0.5) is 4.39 Å². The molecule has 1 fully saturated rings. The van der Waals surface area contributed by atoms with Gasteiger partial charge in [-0.1, -0.05) is 6.58 Å². The Bertz CT molecular complexity index is 101. The second-order valence-corrected chi connectivity index (χ2v) is 2.25. The second kappa shape index (κ2) is 1.09. The van der Waals surface area contributed by atoms with E-state index >= 15 is 0 Å². The Morgan fingerprint density at radius 3 is 2.14 bits per heavy atom. The molecule has 0 radical (unpaired) electrons. The number of alkyl halides is 1. The Morgan fingerprint density at radius 1 is 1.71 bits per heavy atom. The summed E-state index contributed by atoms with van der Waals surface area (Å²) >= 11 is 0. The molecule has 0 saturated heterocycles. The predicted octanol–water partition coefficient (Wildman–Crippen LogP) is 2.06. The van der Waals surface area contributed by atoms with E-state index in [1.54, 1.807) is 6.92 Å². The van der Waals surface area contributed by atoms with Crippen molar-refractivity contribution in [3.63, 3.8) is 0 Å². The maximum Gasteiger partial charge on any atom is 0.131 e. The van der Waals surface area contributed by atoms with Crippen LogP contribution in [0.25, 0.3) is 0 Å². The van der Waals surface area contributed by atoms with Crippen molar-refractivity contribution < 1.29 is 4.39 Å². The van der Waals surface area contributed by atoms with Crippen LogP contribution in [0.15, 0.2) is 12.2 Å². The lowest BCUT2D eigenvalue weighted by Crippen LogP contribution is -1.97. The van der Waals surface area contributed by atoms with Crippen molar-refractivity contribution in [2.45, 2.75) is 25.4 Å². The van der Waals surface area contributed by atoms with Crippen LogP contribution >= 0.6 is 0 Å². The minimum atomic E-state index is -0.944. The first-order valence-corrected chi connectivity index (χ1v) is 2.50. The third-order valence-electron chi connectivity index (χ3n) is 1.45. The normalized spacial score (nSPS) is 24.3. The Balaban J connectivity index is 2.55. The lowest BCUT2D eigenvalue weighted by atomic mass is 10.2. The molecule has 0 unspecified atom stereocenters. The summed E-state index contributed by atoms with van der Waals surface area (Å²) < 4.78 is 12.5. The maximum absolute atomic E-state index is 12.5. The summed E-state index contributed by atoms with van der Waals surface area (Å²) in [7, 11) is 0. The molecule has 0 amide bonds. The minimum absolute atomic E-state index is 0.688. The second-order valence-electron chi connectivity index (χ2n) is 2.25. The Morgan fingerprint density at radius 2 is 2.14 bits per heavy atom. The molecule has 1 heteroatoms. The van der Waals surface area contributed by atoms with Gasteiger partial charge in [-0.2, -0.15) is 0 Å². The van der Waals surface area contributed by atoms with Crippen molar-refractivity contribution in [2.75, 3.05) is 0 Å². The van der Waals surface area contributed by atoms with E-state index in [1.165, 1.54) is 0 Å². The molecule has 0 N–H and O–H groups in total. The molecule has 1 rings (SSSR count). The summed E-state index contributed by atoms with van der Waals surface area (Å²) in [6.45, 7) is 5.26. The van der Waals surface area contributed by atoms with Crippen LogP contribution in [0.5, 0.6) is 0 Å². The molecule has 0 heterocycles. The Hall–Kier alpha value is -0.330. The number of hydrogen-bond donors (Lipinski definition) is 0. The lowest BCUT2D eigenvalue weighted by Gasteiger charge is -1.98. The summed E-state index contributed by atoms with van der Waals surface area (Å²) in [5, 5.41) is 0. The van der Waals surface area contributed by atoms with E-state index in [2.05, 4.69) is 6.58 Å². The molecule has 0 nitrogen and oxygen atoms in total. The highest BCUT2D eigenvalue weighted by molar-refractivity contribution is 5.18. The smallest absolute Gasteiger partial charge is 0.131 e. The van der Waals surface area contributed by atoms with Gasteiger partial charge < -0.3 is 0 Å². The van der Waals surface area contributed by atoms with Gasteiger partial charge in [0.2, 0.25) is 0 Å². The van der Waals surface area contributed by atoms with Gasteiger partial charge in [0.1, 0.15) is 5.67 Å². The average molecular weight is 100 g/mol. The van der Waals surface area contributed by atoms with Crippen LogP contribution in [0.2, 0.25) is 0 Å². The first-order valence-electron chi connectivity index (χ1n) is 2.50. The van der Waals surface area contributed by atoms with Crippen molar-refractivity contribution in [1.82, 2.24) is 0 Å². The standard InChI is InChI=1S/C6H9F/c1-5(2)6(7)3-4-6/h1,3-4H2,2H3. The maximum atomic E-state index is 12.5. The van der Waals surface area contributed by atoms with Gasteiger partial charge in [-0.15, -0.1) is 0 Å². The third-order valence-corrected chi connectivity index (χ3v) is 1.45. The van der Waals surface area contributed by atoms with Crippen molar-refractivity contribution in [3.05, 3.63) is 12.2 Å². The molecular weight excluding hydrogens is 91.1 g/mol. The van der Waals surface area contributed by atoms with Gasteiger partial charge in [0.25, 0.3) is 0 Å². The molecule has 1 aliphatic carbocycles. The Kier molecular flexibility index (Phi) is 0.748. The van der Waals surface area contributed by atoms with Gasteiger partial charge in [0.15, 0.2) is 0 Å². The van der Waals surface area contributed by atoms with E-state index in [4.69, 9.17) is 0 Å². The topological polar surface area (TPSA) is 0 Å². The largest absolute Gasteiger partial charge is 0.239 e. The van der Waals surface area contributed by atoms with E-state index in [0.717, 1.165) is 0 Å². The van der Waals surface area contributed by atoms with Gasteiger partial charge >= 0.3 is 0 Å². The van der Waals surface area contributed by atoms with Crippen LogP contribution in [0.1, 0.15) is 19.8 Å². The van der Waals surface area contributed by atoms with E-state index in [-0.39, 0.29) is 0 Å². The van der Waals surface area contributed by atoms with Crippen molar-refractivity contribution >= 4 is 0 Å². The Labute approximate surface area is 43.0 Å². The summed E-state index contributed by atoms with van der Waals surface area (Å²) in [6, 6.07) is 0. The van der Waals surface area contributed by atoms with Gasteiger partial charge in [0.05, 0.1) is 0 Å². The number of allylic oxidation sites excluding steroid dienone is 1. The number of halogens is 1. The molecule has 1 saturated carbocycles. The first-order chi connectivity index (χ1) is 3.15. The van der Waals surface area contributed by atoms with E-state index in [9.17, 15) is 4.39 Å². The van der Waals surface area contributed by atoms with Crippen LogP contribution < -0.4 is 0 Å². The quantitative estimate of drug-likeness (QED) is 0.442. The molecule has 0 atom stereocenters. The number of rotatable bonds is 1. The molecule has 0 aromatic heterocycles. The molecule has 7 heavy (non-hydrogen) atoms. The predicted molar refractivity (Wildman–Crippen MR) is 27.9 cm³/mol. The van der Waals surface area contributed by atoms with Crippen LogP contribution in [0, 0.1) is 0 Å². The highest BCUT2D eigenvalue weighted by Gasteiger charge is 2.43. The summed E-state index contributed by atoms with van der Waals surface area (Å²) in [4.78, 5) is 0. The zero-order chi connectivity index (χ0) is 5.49. The third kappa shape index (κ3) is 0.671. The van der Waals surface area contributed by atoms with Crippen molar-refractivity contribution in [1.29, 1.82) is 0 Å². The molecule has 1 aliphatic rings.